The molecule has 1 amide bonds. The number of terminal acetylenes is 1. The zero-order valence-corrected chi connectivity index (χ0v) is 6.15. The summed E-state index contributed by atoms with van der Waals surface area (Å²) < 4.78 is 4.45. The topological polar surface area (TPSA) is 38.3 Å². The summed E-state index contributed by atoms with van der Waals surface area (Å²) in [4.78, 5) is 10.5. The Hall–Kier alpha value is -0.880. The van der Waals surface area contributed by atoms with Crippen LogP contribution in [0.4, 0.5) is 4.79 Å². The van der Waals surface area contributed by atoms with Crippen molar-refractivity contribution in [2.45, 2.75) is 0 Å². The van der Waals surface area contributed by atoms with Gasteiger partial charge in [-0.1, -0.05) is 5.92 Å². The number of ether oxygens (including phenoxy) is 1. The Balaban J connectivity index is 3.19. The average molecular weight is 162 g/mol. The molecule has 0 unspecified atom stereocenters. The van der Waals surface area contributed by atoms with Crippen molar-refractivity contribution in [1.82, 2.24) is 5.32 Å². The molecule has 0 aromatic rings. The second kappa shape index (κ2) is 6.24. The van der Waals surface area contributed by atoms with Crippen LogP contribution in [0, 0.1) is 12.3 Å². The van der Waals surface area contributed by atoms with Crippen LogP contribution < -0.4 is 5.32 Å². The molecular formula is C6H8ClNO2. The van der Waals surface area contributed by atoms with Crippen molar-refractivity contribution in [3.63, 3.8) is 0 Å². The number of carbonyl (C=O) groups is 1. The van der Waals surface area contributed by atoms with Gasteiger partial charge in [-0.25, -0.2) is 4.79 Å². The van der Waals surface area contributed by atoms with Crippen molar-refractivity contribution in [3.8, 4) is 12.3 Å². The standard InChI is InChI=1S/C6H8ClNO2/c1-2-5-10-6(9)8-4-3-7/h1H,3-5H2,(H,8,9). The van der Waals surface area contributed by atoms with Gasteiger partial charge in [-0.15, -0.1) is 18.0 Å². The molecule has 1 N–H and O–H groups in total. The van der Waals surface area contributed by atoms with Crippen molar-refractivity contribution in [3.05, 3.63) is 0 Å². The van der Waals surface area contributed by atoms with Crippen molar-refractivity contribution in [2.75, 3.05) is 19.0 Å². The van der Waals surface area contributed by atoms with E-state index in [1.54, 1.807) is 0 Å². The fourth-order valence-corrected chi connectivity index (χ4v) is 0.402. The molecule has 0 rings (SSSR count). The predicted molar refractivity (Wildman–Crippen MR) is 38.9 cm³/mol. The van der Waals surface area contributed by atoms with Crippen LogP contribution in [0.15, 0.2) is 0 Å². The number of alkyl carbamates (subject to hydrolysis) is 1. The Morgan fingerprint density at radius 3 is 3.00 bits per heavy atom. The molecule has 10 heavy (non-hydrogen) atoms. The highest BCUT2D eigenvalue weighted by molar-refractivity contribution is 6.18. The largest absolute Gasteiger partial charge is 0.436 e. The maximum atomic E-state index is 10.5. The minimum atomic E-state index is -0.529. The lowest BCUT2D eigenvalue weighted by Gasteiger charge is -2.00. The molecular weight excluding hydrogens is 154 g/mol. The van der Waals surface area contributed by atoms with Gasteiger partial charge in [-0.05, 0) is 0 Å². The van der Waals surface area contributed by atoms with E-state index in [0.29, 0.717) is 12.4 Å². The lowest BCUT2D eigenvalue weighted by atomic mass is 10.7. The van der Waals surface area contributed by atoms with Gasteiger partial charge >= 0.3 is 6.09 Å². The minimum Gasteiger partial charge on any atom is -0.436 e. The van der Waals surface area contributed by atoms with Crippen LogP contribution in [0.25, 0.3) is 0 Å². The molecule has 4 heteroatoms. The molecule has 0 atom stereocenters. The Morgan fingerprint density at radius 2 is 2.50 bits per heavy atom. The van der Waals surface area contributed by atoms with Gasteiger partial charge < -0.3 is 10.1 Å². The first kappa shape index (κ1) is 9.12. The van der Waals surface area contributed by atoms with E-state index < -0.39 is 6.09 Å². The number of rotatable bonds is 3. The second-order valence-corrected chi connectivity index (χ2v) is 1.77. The summed E-state index contributed by atoms with van der Waals surface area (Å²) in [6, 6.07) is 0. The van der Waals surface area contributed by atoms with Crippen molar-refractivity contribution >= 4 is 17.7 Å². The zero-order valence-electron chi connectivity index (χ0n) is 5.39. The number of nitrogens with one attached hydrogen (secondary N) is 1. The lowest BCUT2D eigenvalue weighted by Crippen LogP contribution is -2.26. The molecule has 56 valence electrons. The molecule has 3 nitrogen and oxygen atoms in total. The fourth-order valence-electron chi connectivity index (χ4n) is 0.308. The molecule has 0 spiro atoms. The quantitative estimate of drug-likeness (QED) is 0.486. The second-order valence-electron chi connectivity index (χ2n) is 1.40. The maximum Gasteiger partial charge on any atom is 0.408 e. The van der Waals surface area contributed by atoms with Crippen LogP contribution >= 0.6 is 11.6 Å². The van der Waals surface area contributed by atoms with Crippen LogP contribution in [0.2, 0.25) is 0 Å². The minimum absolute atomic E-state index is 0.00583. The van der Waals surface area contributed by atoms with E-state index in [0.717, 1.165) is 0 Å². The number of carbonyl (C=O) groups excluding carboxylic acids is 1. The first-order valence-electron chi connectivity index (χ1n) is 2.71. The van der Waals surface area contributed by atoms with E-state index in [2.05, 4.69) is 16.0 Å². The van der Waals surface area contributed by atoms with E-state index in [9.17, 15) is 4.79 Å². The molecule has 0 aromatic carbocycles. The normalized spacial score (nSPS) is 8.00. The molecule has 0 aliphatic heterocycles. The van der Waals surface area contributed by atoms with Crippen LogP contribution in [-0.4, -0.2) is 25.1 Å². The SMILES string of the molecule is C#CCOC(=O)NCCCl. The lowest BCUT2D eigenvalue weighted by molar-refractivity contribution is 0.161. The van der Waals surface area contributed by atoms with Gasteiger partial charge in [0.2, 0.25) is 0 Å². The van der Waals surface area contributed by atoms with E-state index in [1.807, 2.05) is 0 Å². The predicted octanol–water partition coefficient (Wildman–Crippen LogP) is 0.585. The molecule has 0 aliphatic rings. The van der Waals surface area contributed by atoms with E-state index in [4.69, 9.17) is 18.0 Å². The van der Waals surface area contributed by atoms with Crippen LogP contribution in [0.3, 0.4) is 0 Å². The van der Waals surface area contributed by atoms with Gasteiger partial charge in [0.05, 0.1) is 0 Å². The van der Waals surface area contributed by atoms with Crippen LogP contribution in [-0.2, 0) is 4.74 Å². The van der Waals surface area contributed by atoms with Crippen LogP contribution in [0.1, 0.15) is 0 Å². The summed E-state index contributed by atoms with van der Waals surface area (Å²) in [5.74, 6) is 2.53. The summed E-state index contributed by atoms with van der Waals surface area (Å²) in [5.41, 5.74) is 0. The maximum absolute atomic E-state index is 10.5. The van der Waals surface area contributed by atoms with E-state index in [1.165, 1.54) is 0 Å². The smallest absolute Gasteiger partial charge is 0.408 e. The third-order valence-electron chi connectivity index (χ3n) is 0.650. The van der Waals surface area contributed by atoms with Crippen molar-refractivity contribution in [2.24, 2.45) is 0 Å². The Morgan fingerprint density at radius 1 is 1.80 bits per heavy atom. The number of amides is 1. The van der Waals surface area contributed by atoms with Gasteiger partial charge in [0, 0.05) is 12.4 Å². The van der Waals surface area contributed by atoms with Gasteiger partial charge in [0.1, 0.15) is 0 Å². The summed E-state index contributed by atoms with van der Waals surface area (Å²) >= 11 is 5.27. The van der Waals surface area contributed by atoms with Gasteiger partial charge in [0.15, 0.2) is 6.61 Å². The highest BCUT2D eigenvalue weighted by atomic mass is 35.5. The summed E-state index contributed by atoms with van der Waals surface area (Å²) in [7, 11) is 0. The van der Waals surface area contributed by atoms with Crippen LogP contribution in [0.5, 0.6) is 0 Å². The van der Waals surface area contributed by atoms with Crippen molar-refractivity contribution in [1.29, 1.82) is 0 Å². The number of hydrogen-bond acceptors (Lipinski definition) is 2. The average Bonchev–Trinajstić information content (AvgIpc) is 1.97. The number of hydrogen-bond donors (Lipinski definition) is 1. The summed E-state index contributed by atoms with van der Waals surface area (Å²) in [5, 5.41) is 2.38. The van der Waals surface area contributed by atoms with Gasteiger partial charge in [-0.3, -0.25) is 0 Å². The third-order valence-corrected chi connectivity index (χ3v) is 0.839. The Bertz CT molecular complexity index is 141. The third kappa shape index (κ3) is 5.26. The van der Waals surface area contributed by atoms with E-state index >= 15 is 0 Å². The fraction of sp³-hybridized carbons (Fsp3) is 0.500. The molecule has 0 heterocycles. The highest BCUT2D eigenvalue weighted by Crippen LogP contribution is 1.76. The van der Waals surface area contributed by atoms with Gasteiger partial charge in [-0.2, -0.15) is 0 Å². The molecule has 0 bridgehead atoms. The molecule has 0 radical (unpaired) electrons. The summed E-state index contributed by atoms with van der Waals surface area (Å²) in [6.07, 6.45) is 4.30. The first-order chi connectivity index (χ1) is 4.81. The number of alkyl halides is 1. The zero-order chi connectivity index (χ0) is 7.82. The van der Waals surface area contributed by atoms with Crippen molar-refractivity contribution < 1.29 is 9.53 Å². The Kier molecular flexibility index (Phi) is 5.69. The molecule has 0 fully saturated rings. The molecule has 0 saturated heterocycles. The Labute approximate surface area is 64.7 Å². The molecule has 0 aromatic heterocycles. The van der Waals surface area contributed by atoms with E-state index in [-0.39, 0.29) is 6.61 Å². The van der Waals surface area contributed by atoms with Gasteiger partial charge in [0.25, 0.3) is 0 Å². The monoisotopic (exact) mass is 161 g/mol. The molecule has 0 aliphatic carbocycles. The summed E-state index contributed by atoms with van der Waals surface area (Å²) in [6.45, 7) is 0.388. The molecule has 0 saturated carbocycles. The number of halogens is 1. The first-order valence-corrected chi connectivity index (χ1v) is 3.24. The highest BCUT2D eigenvalue weighted by Gasteiger charge is 1.96.